The van der Waals surface area contributed by atoms with E-state index in [0.717, 1.165) is 11.1 Å². The van der Waals surface area contributed by atoms with Crippen molar-refractivity contribution in [1.29, 1.82) is 0 Å². The highest BCUT2D eigenvalue weighted by atomic mass is 16.6. The van der Waals surface area contributed by atoms with E-state index >= 15 is 0 Å². The molecule has 1 unspecified atom stereocenters. The standard InChI is InChI=1S/C28H24N2O5/c31-26-11-5-10-25-28(26)24(17-27(32)29(25)21-8-4-9-22(16-21)30(33)34)20-12-14-23(15-13-20)35-18-19-6-2-1-3-7-19/h1-4,6-9,12-16,24H,5,10-11,17-18H2. The van der Waals surface area contributed by atoms with Crippen LogP contribution in [0.25, 0.3) is 0 Å². The molecule has 7 nitrogen and oxygen atoms in total. The van der Waals surface area contributed by atoms with Gasteiger partial charge in [-0.3, -0.25) is 24.6 Å². The summed E-state index contributed by atoms with van der Waals surface area (Å²) in [6.45, 7) is 0.452. The van der Waals surface area contributed by atoms with Crippen LogP contribution in [0.15, 0.2) is 90.1 Å². The first-order valence-electron chi connectivity index (χ1n) is 11.6. The molecule has 35 heavy (non-hydrogen) atoms. The van der Waals surface area contributed by atoms with Gasteiger partial charge in [0.05, 0.1) is 10.6 Å². The molecule has 5 rings (SSSR count). The molecule has 1 atom stereocenters. The zero-order chi connectivity index (χ0) is 24.4. The number of ether oxygens (including phenoxy) is 1. The Hall–Kier alpha value is -4.26. The van der Waals surface area contributed by atoms with Crippen LogP contribution < -0.4 is 9.64 Å². The summed E-state index contributed by atoms with van der Waals surface area (Å²) in [5, 5.41) is 11.3. The summed E-state index contributed by atoms with van der Waals surface area (Å²) in [6.07, 6.45) is 1.78. The SMILES string of the molecule is O=C1CCCC2=C1C(c1ccc(OCc3ccccc3)cc1)CC(=O)N2c1cccc([N+](=O)[O-])c1. The fourth-order valence-corrected chi connectivity index (χ4v) is 4.86. The maximum absolute atomic E-state index is 13.3. The molecule has 176 valence electrons. The van der Waals surface area contributed by atoms with E-state index in [0.29, 0.717) is 48.6 Å². The Morgan fingerprint density at radius 2 is 1.71 bits per heavy atom. The number of nitrogens with zero attached hydrogens (tertiary/aromatic N) is 2. The van der Waals surface area contributed by atoms with E-state index in [1.54, 1.807) is 12.1 Å². The molecule has 3 aromatic rings. The molecule has 0 spiro atoms. The number of hydrogen-bond donors (Lipinski definition) is 0. The average Bonchev–Trinajstić information content (AvgIpc) is 2.88. The molecule has 2 aliphatic rings. The zero-order valence-corrected chi connectivity index (χ0v) is 19.1. The molecular formula is C28H24N2O5. The molecule has 0 aromatic heterocycles. The molecule has 7 heteroatoms. The molecule has 0 saturated carbocycles. The van der Waals surface area contributed by atoms with E-state index in [2.05, 4.69) is 0 Å². The highest BCUT2D eigenvalue weighted by Gasteiger charge is 2.40. The number of Topliss-reactive ketones (excluding diaryl/α,β-unsaturated/α-hetero) is 1. The van der Waals surface area contributed by atoms with Crippen LogP contribution in [0.1, 0.15) is 42.7 Å². The fourth-order valence-electron chi connectivity index (χ4n) is 4.86. The van der Waals surface area contributed by atoms with Crippen LogP contribution in [0.4, 0.5) is 11.4 Å². The first kappa shape index (κ1) is 22.5. The van der Waals surface area contributed by atoms with Crippen LogP contribution in [-0.2, 0) is 16.2 Å². The Labute approximate surface area is 202 Å². The van der Waals surface area contributed by atoms with Crippen LogP contribution in [-0.4, -0.2) is 16.6 Å². The third-order valence-electron chi connectivity index (χ3n) is 6.50. The molecule has 0 fully saturated rings. The molecule has 1 amide bonds. The second-order valence-corrected chi connectivity index (χ2v) is 8.74. The van der Waals surface area contributed by atoms with E-state index in [-0.39, 0.29) is 29.7 Å². The summed E-state index contributed by atoms with van der Waals surface area (Å²) < 4.78 is 5.88. The first-order valence-corrected chi connectivity index (χ1v) is 11.6. The summed E-state index contributed by atoms with van der Waals surface area (Å²) >= 11 is 0. The number of nitro benzene ring substituents is 1. The fraction of sp³-hybridized carbons (Fsp3) is 0.214. The van der Waals surface area contributed by atoms with Crippen LogP contribution in [0, 0.1) is 10.1 Å². The number of rotatable bonds is 6. The summed E-state index contributed by atoms with van der Waals surface area (Å²) in [5.74, 6) is 0.225. The summed E-state index contributed by atoms with van der Waals surface area (Å²) in [5.41, 5.74) is 3.58. The minimum atomic E-state index is -0.483. The van der Waals surface area contributed by atoms with Gasteiger partial charge in [0.2, 0.25) is 5.91 Å². The third kappa shape index (κ3) is 4.57. The Kier molecular flexibility index (Phi) is 6.14. The molecule has 0 saturated heterocycles. The zero-order valence-electron chi connectivity index (χ0n) is 19.1. The maximum atomic E-state index is 13.3. The number of benzene rings is 3. The quantitative estimate of drug-likeness (QED) is 0.342. The van der Waals surface area contributed by atoms with E-state index < -0.39 is 4.92 Å². The number of ketones is 1. The highest BCUT2D eigenvalue weighted by Crippen LogP contribution is 2.44. The van der Waals surface area contributed by atoms with Crippen molar-refractivity contribution in [3.63, 3.8) is 0 Å². The van der Waals surface area contributed by atoms with Crippen LogP contribution in [0.2, 0.25) is 0 Å². The number of anilines is 1. The Balaban J connectivity index is 1.45. The lowest BCUT2D eigenvalue weighted by Gasteiger charge is -2.38. The van der Waals surface area contributed by atoms with Gasteiger partial charge >= 0.3 is 0 Å². The Morgan fingerprint density at radius 1 is 0.943 bits per heavy atom. The third-order valence-corrected chi connectivity index (χ3v) is 6.50. The predicted molar refractivity (Wildman–Crippen MR) is 131 cm³/mol. The second kappa shape index (κ2) is 9.54. The lowest BCUT2D eigenvalue weighted by molar-refractivity contribution is -0.384. The van der Waals surface area contributed by atoms with Crippen LogP contribution in [0.3, 0.4) is 0 Å². The summed E-state index contributed by atoms with van der Waals surface area (Å²) in [7, 11) is 0. The molecule has 1 aliphatic carbocycles. The number of carbonyl (C=O) groups is 2. The minimum Gasteiger partial charge on any atom is -0.489 e. The summed E-state index contributed by atoms with van der Waals surface area (Å²) in [6, 6.07) is 23.4. The van der Waals surface area contributed by atoms with Gasteiger partial charge < -0.3 is 4.74 Å². The van der Waals surface area contributed by atoms with Crippen LogP contribution in [0.5, 0.6) is 5.75 Å². The van der Waals surface area contributed by atoms with Crippen molar-refractivity contribution in [2.24, 2.45) is 0 Å². The van der Waals surface area contributed by atoms with E-state index in [1.165, 1.54) is 17.0 Å². The Morgan fingerprint density at radius 3 is 2.46 bits per heavy atom. The molecule has 0 N–H and O–H groups in total. The molecule has 1 aliphatic heterocycles. The van der Waals surface area contributed by atoms with Gasteiger partial charge in [-0.1, -0.05) is 48.5 Å². The molecule has 1 heterocycles. The van der Waals surface area contributed by atoms with E-state index in [9.17, 15) is 19.7 Å². The highest BCUT2D eigenvalue weighted by molar-refractivity contribution is 6.07. The van der Waals surface area contributed by atoms with Crippen molar-refractivity contribution in [2.75, 3.05) is 4.90 Å². The van der Waals surface area contributed by atoms with Gasteiger partial charge in [0.25, 0.3) is 5.69 Å². The van der Waals surface area contributed by atoms with Crippen molar-refractivity contribution in [3.8, 4) is 5.75 Å². The van der Waals surface area contributed by atoms with Gasteiger partial charge in [0.1, 0.15) is 12.4 Å². The van der Waals surface area contributed by atoms with Gasteiger partial charge in [0.15, 0.2) is 5.78 Å². The van der Waals surface area contributed by atoms with E-state index in [4.69, 9.17) is 4.74 Å². The number of nitro groups is 1. The number of allylic oxidation sites excluding steroid dienone is 2. The number of non-ortho nitro benzene ring substituents is 1. The number of carbonyl (C=O) groups excluding carboxylic acids is 2. The van der Waals surface area contributed by atoms with Crippen molar-refractivity contribution >= 4 is 23.1 Å². The van der Waals surface area contributed by atoms with E-state index in [1.807, 2.05) is 54.6 Å². The van der Waals surface area contributed by atoms with Gasteiger partial charge in [-0.2, -0.15) is 0 Å². The van der Waals surface area contributed by atoms with Gasteiger partial charge in [-0.15, -0.1) is 0 Å². The average molecular weight is 469 g/mol. The maximum Gasteiger partial charge on any atom is 0.271 e. The predicted octanol–water partition coefficient (Wildman–Crippen LogP) is 5.70. The van der Waals surface area contributed by atoms with Gasteiger partial charge in [-0.05, 0) is 42.2 Å². The molecule has 0 radical (unpaired) electrons. The largest absolute Gasteiger partial charge is 0.489 e. The second-order valence-electron chi connectivity index (χ2n) is 8.74. The number of hydrogen-bond acceptors (Lipinski definition) is 5. The monoisotopic (exact) mass is 468 g/mol. The smallest absolute Gasteiger partial charge is 0.271 e. The molecule has 0 bridgehead atoms. The van der Waals surface area contributed by atoms with Crippen molar-refractivity contribution < 1.29 is 19.2 Å². The number of amides is 1. The van der Waals surface area contributed by atoms with Crippen molar-refractivity contribution in [2.45, 2.75) is 38.2 Å². The topological polar surface area (TPSA) is 89.8 Å². The normalized spacial score (nSPS) is 17.8. The minimum absolute atomic E-state index is 0.0311. The molecular weight excluding hydrogens is 444 g/mol. The van der Waals surface area contributed by atoms with Gasteiger partial charge in [0, 0.05) is 42.2 Å². The molecule has 3 aromatic carbocycles. The first-order chi connectivity index (χ1) is 17.0. The summed E-state index contributed by atoms with van der Waals surface area (Å²) in [4.78, 5) is 38.7. The van der Waals surface area contributed by atoms with Crippen LogP contribution >= 0.6 is 0 Å². The van der Waals surface area contributed by atoms with Gasteiger partial charge in [-0.25, -0.2) is 0 Å². The van der Waals surface area contributed by atoms with Crippen molar-refractivity contribution in [1.82, 2.24) is 0 Å². The lowest BCUT2D eigenvalue weighted by Crippen LogP contribution is -2.40. The van der Waals surface area contributed by atoms with Crippen molar-refractivity contribution in [3.05, 3.63) is 111 Å². The Bertz CT molecular complexity index is 1310. The lowest BCUT2D eigenvalue weighted by atomic mass is 9.77.